The van der Waals surface area contributed by atoms with E-state index in [1.54, 1.807) is 24.5 Å². The number of nitrogens with zero attached hydrogens (tertiary/aromatic N) is 1. The lowest BCUT2D eigenvalue weighted by atomic mass is 9.89. The normalized spacial score (nSPS) is 15.8. The molecule has 2 heterocycles. The highest BCUT2D eigenvalue weighted by Gasteiger charge is 2.39. The van der Waals surface area contributed by atoms with E-state index in [-0.39, 0.29) is 11.7 Å². The first kappa shape index (κ1) is 13.5. The molecule has 1 aliphatic carbocycles. The number of fused-ring (bicyclic) bond motifs is 1. The van der Waals surface area contributed by atoms with Crippen LogP contribution in [-0.2, 0) is 23.2 Å². The van der Waals surface area contributed by atoms with Gasteiger partial charge in [-0.15, -0.1) is 0 Å². The lowest BCUT2D eigenvalue weighted by Crippen LogP contribution is -2.25. The number of ketones is 1. The Kier molecular flexibility index (Phi) is 3.12. The first-order chi connectivity index (χ1) is 9.98. The van der Waals surface area contributed by atoms with Crippen LogP contribution in [-0.4, -0.2) is 16.7 Å². The molecule has 0 unspecified atom stereocenters. The van der Waals surface area contributed by atoms with Crippen LogP contribution in [0.15, 0.2) is 35.1 Å². The van der Waals surface area contributed by atoms with Crippen LogP contribution in [0.3, 0.4) is 0 Å². The van der Waals surface area contributed by atoms with Crippen molar-refractivity contribution < 1.29 is 14.0 Å². The van der Waals surface area contributed by atoms with Gasteiger partial charge in [0.25, 0.3) is 5.91 Å². The van der Waals surface area contributed by atoms with Crippen LogP contribution in [0.1, 0.15) is 41.2 Å². The number of hydrogen-bond acceptors (Lipinski definition) is 4. The number of Topliss-reactive ketones (excluding diaryl/α,β-unsaturated/α-hetero) is 1. The zero-order chi connectivity index (χ0) is 15.0. The van der Waals surface area contributed by atoms with Gasteiger partial charge < -0.3 is 9.73 Å². The third-order valence-electron chi connectivity index (χ3n) is 3.87. The van der Waals surface area contributed by atoms with E-state index in [2.05, 4.69) is 10.3 Å². The summed E-state index contributed by atoms with van der Waals surface area (Å²) in [5.74, 6) is 0.603. The minimum atomic E-state index is -0.557. The van der Waals surface area contributed by atoms with E-state index in [1.807, 2.05) is 13.8 Å². The summed E-state index contributed by atoms with van der Waals surface area (Å²) in [6.45, 7) is 4.06. The van der Waals surface area contributed by atoms with Gasteiger partial charge >= 0.3 is 0 Å². The summed E-state index contributed by atoms with van der Waals surface area (Å²) < 4.78 is 5.16. The van der Waals surface area contributed by atoms with E-state index in [1.165, 1.54) is 6.20 Å². The molecule has 0 bridgehead atoms. The number of amides is 1. The second-order valence-corrected chi connectivity index (χ2v) is 5.72. The van der Waals surface area contributed by atoms with Crippen LogP contribution in [0.5, 0.6) is 0 Å². The van der Waals surface area contributed by atoms with Gasteiger partial charge in [-0.2, -0.15) is 0 Å². The Balaban J connectivity index is 1.77. The van der Waals surface area contributed by atoms with Crippen molar-refractivity contribution in [1.82, 2.24) is 10.3 Å². The number of carbonyl (C=O) groups is 2. The quantitative estimate of drug-likeness (QED) is 0.935. The minimum Gasteiger partial charge on any atom is -0.467 e. The third kappa shape index (κ3) is 2.35. The van der Waals surface area contributed by atoms with Gasteiger partial charge in [0.05, 0.1) is 29.5 Å². The fourth-order valence-corrected chi connectivity index (χ4v) is 2.54. The first-order valence-electron chi connectivity index (χ1n) is 6.82. The molecule has 0 atom stereocenters. The van der Waals surface area contributed by atoms with Gasteiger partial charge in [0.2, 0.25) is 0 Å². The molecular weight excluding hydrogens is 268 g/mol. The van der Waals surface area contributed by atoms with Gasteiger partial charge in [-0.3, -0.25) is 14.6 Å². The number of nitrogens with one attached hydrogen (secondary N) is 1. The Morgan fingerprint density at radius 2 is 2.29 bits per heavy atom. The largest absolute Gasteiger partial charge is 0.467 e. The van der Waals surface area contributed by atoms with E-state index >= 15 is 0 Å². The molecule has 5 heteroatoms. The molecule has 0 aromatic carbocycles. The molecular formula is C16H16N2O3. The Bertz CT molecular complexity index is 702. The highest BCUT2D eigenvalue weighted by Crippen LogP contribution is 2.34. The maximum Gasteiger partial charge on any atom is 0.253 e. The molecule has 0 saturated carbocycles. The van der Waals surface area contributed by atoms with Crippen molar-refractivity contribution in [3.8, 4) is 0 Å². The van der Waals surface area contributed by atoms with Crippen LogP contribution < -0.4 is 5.32 Å². The molecule has 1 aliphatic rings. The van der Waals surface area contributed by atoms with E-state index in [4.69, 9.17) is 4.42 Å². The standard InChI is InChI=1S/C16H16N2O3/c1-16(2)13(19)7-10-6-11(8-17-14(10)16)15(20)18-9-12-4-3-5-21-12/h3-6,8H,7,9H2,1-2H3,(H,18,20). The third-order valence-corrected chi connectivity index (χ3v) is 3.87. The number of rotatable bonds is 3. The fraction of sp³-hybridized carbons (Fsp3) is 0.312. The summed E-state index contributed by atoms with van der Waals surface area (Å²) in [7, 11) is 0. The molecule has 0 spiro atoms. The molecule has 0 saturated heterocycles. The average Bonchev–Trinajstić information content (AvgIpc) is 3.04. The summed E-state index contributed by atoms with van der Waals surface area (Å²) in [6, 6.07) is 5.32. The van der Waals surface area contributed by atoms with Crippen molar-refractivity contribution in [2.75, 3.05) is 0 Å². The number of aromatic nitrogens is 1. The van der Waals surface area contributed by atoms with Crippen LogP contribution in [0.2, 0.25) is 0 Å². The van der Waals surface area contributed by atoms with Crippen LogP contribution in [0.25, 0.3) is 0 Å². The van der Waals surface area contributed by atoms with Crippen molar-refractivity contribution in [3.63, 3.8) is 0 Å². The summed E-state index contributed by atoms with van der Waals surface area (Å²) in [5.41, 5.74) is 1.52. The Hall–Kier alpha value is -2.43. The van der Waals surface area contributed by atoms with Crippen LogP contribution in [0.4, 0.5) is 0 Å². The van der Waals surface area contributed by atoms with Gasteiger partial charge in [-0.05, 0) is 37.6 Å². The van der Waals surface area contributed by atoms with Crippen molar-refractivity contribution in [1.29, 1.82) is 0 Å². The first-order valence-corrected chi connectivity index (χ1v) is 6.82. The number of hydrogen-bond donors (Lipinski definition) is 1. The molecule has 108 valence electrons. The van der Waals surface area contributed by atoms with Crippen molar-refractivity contribution in [2.45, 2.75) is 32.2 Å². The lowest BCUT2D eigenvalue weighted by Gasteiger charge is -2.15. The number of carbonyl (C=O) groups excluding carboxylic acids is 2. The van der Waals surface area contributed by atoms with Crippen molar-refractivity contribution >= 4 is 11.7 Å². The maximum absolute atomic E-state index is 12.1. The molecule has 2 aromatic rings. The van der Waals surface area contributed by atoms with Gasteiger partial charge in [0.1, 0.15) is 11.5 Å². The van der Waals surface area contributed by atoms with E-state index in [0.717, 1.165) is 11.3 Å². The summed E-state index contributed by atoms with van der Waals surface area (Å²) in [5, 5.41) is 2.77. The molecule has 5 nitrogen and oxygen atoms in total. The summed E-state index contributed by atoms with van der Waals surface area (Å²) in [6.07, 6.45) is 3.43. The monoisotopic (exact) mass is 284 g/mol. The summed E-state index contributed by atoms with van der Waals surface area (Å²) in [4.78, 5) is 28.4. The van der Waals surface area contributed by atoms with Gasteiger partial charge in [-0.1, -0.05) is 0 Å². The molecule has 1 amide bonds. The van der Waals surface area contributed by atoms with Crippen molar-refractivity contribution in [3.05, 3.63) is 53.2 Å². The highest BCUT2D eigenvalue weighted by atomic mass is 16.3. The van der Waals surface area contributed by atoms with Crippen molar-refractivity contribution in [2.24, 2.45) is 0 Å². The van der Waals surface area contributed by atoms with Crippen LogP contribution >= 0.6 is 0 Å². The zero-order valence-corrected chi connectivity index (χ0v) is 12.0. The average molecular weight is 284 g/mol. The number of furan rings is 1. The molecule has 3 rings (SSSR count). The molecule has 0 radical (unpaired) electrons. The number of pyridine rings is 1. The SMILES string of the molecule is CC1(C)C(=O)Cc2cc(C(=O)NCc3ccco3)cnc21. The molecule has 1 N–H and O–H groups in total. The molecule has 0 fully saturated rings. The maximum atomic E-state index is 12.1. The minimum absolute atomic E-state index is 0.137. The molecule has 21 heavy (non-hydrogen) atoms. The fourth-order valence-electron chi connectivity index (χ4n) is 2.54. The van der Waals surface area contributed by atoms with E-state index < -0.39 is 5.41 Å². The summed E-state index contributed by atoms with van der Waals surface area (Å²) >= 11 is 0. The zero-order valence-electron chi connectivity index (χ0n) is 12.0. The predicted molar refractivity (Wildman–Crippen MR) is 75.9 cm³/mol. The molecule has 2 aromatic heterocycles. The molecule has 0 aliphatic heterocycles. The highest BCUT2D eigenvalue weighted by molar-refractivity contribution is 5.98. The lowest BCUT2D eigenvalue weighted by molar-refractivity contribution is -0.121. The van der Waals surface area contributed by atoms with Gasteiger partial charge in [-0.25, -0.2) is 0 Å². The Labute approximate surface area is 122 Å². The van der Waals surface area contributed by atoms with E-state index in [9.17, 15) is 9.59 Å². The topological polar surface area (TPSA) is 72.2 Å². The smallest absolute Gasteiger partial charge is 0.253 e. The Morgan fingerprint density at radius 1 is 1.48 bits per heavy atom. The van der Waals surface area contributed by atoms with Gasteiger partial charge in [0, 0.05) is 12.6 Å². The van der Waals surface area contributed by atoms with E-state index in [0.29, 0.717) is 24.3 Å². The van der Waals surface area contributed by atoms with Crippen LogP contribution in [0, 0.1) is 0 Å². The second kappa shape index (κ2) is 4.84. The Morgan fingerprint density at radius 3 is 3.00 bits per heavy atom. The predicted octanol–water partition coefficient (Wildman–Crippen LogP) is 2.01. The van der Waals surface area contributed by atoms with Gasteiger partial charge in [0.15, 0.2) is 0 Å². The second-order valence-electron chi connectivity index (χ2n) is 5.72.